The molecular weight excluding hydrogens is 421 g/mol. The molecule has 0 atom stereocenters. The van der Waals surface area contributed by atoms with Gasteiger partial charge in [-0.25, -0.2) is 0 Å². The Morgan fingerprint density at radius 1 is 0.933 bits per heavy atom. The van der Waals surface area contributed by atoms with E-state index in [2.05, 4.69) is 0 Å². The van der Waals surface area contributed by atoms with Crippen LogP contribution in [0.5, 0.6) is 11.5 Å². The van der Waals surface area contributed by atoms with Crippen LogP contribution in [0.4, 0.5) is 5.69 Å². The van der Waals surface area contributed by atoms with E-state index < -0.39 is 0 Å². The monoisotopic (exact) mass is 437 g/mol. The first kappa shape index (κ1) is 20.1. The molecule has 6 heteroatoms. The van der Waals surface area contributed by atoms with Crippen LogP contribution in [0.15, 0.2) is 78.4 Å². The second kappa shape index (κ2) is 8.27. The van der Waals surface area contributed by atoms with Gasteiger partial charge in [0, 0.05) is 21.7 Å². The highest BCUT2D eigenvalue weighted by molar-refractivity contribution is 6.31. The van der Waals surface area contributed by atoms with Gasteiger partial charge in [0.15, 0.2) is 0 Å². The zero-order valence-corrected chi connectivity index (χ0v) is 17.5. The minimum absolute atomic E-state index is 0.0820. The number of benzene rings is 3. The number of phenols is 1. The van der Waals surface area contributed by atoms with E-state index in [-0.39, 0.29) is 11.7 Å². The molecule has 30 heavy (non-hydrogen) atoms. The molecule has 0 saturated heterocycles. The number of hydrogen-bond acceptors (Lipinski definition) is 3. The summed E-state index contributed by atoms with van der Waals surface area (Å²) >= 11 is 12.0. The lowest BCUT2D eigenvalue weighted by Gasteiger charge is -2.22. The van der Waals surface area contributed by atoms with Gasteiger partial charge in [-0.05, 0) is 59.7 Å². The summed E-state index contributed by atoms with van der Waals surface area (Å²) < 4.78 is 5.19. The Balaban J connectivity index is 1.82. The van der Waals surface area contributed by atoms with E-state index in [1.807, 2.05) is 36.4 Å². The molecule has 3 aromatic rings. The first-order valence-corrected chi connectivity index (χ1v) is 9.88. The number of aromatic hydroxyl groups is 1. The standard InChI is InChI=1S/C24H17Cl2NO3/c1-30-20-9-2-15(3-10-20)12-17-13-22(16-4-6-18(25)7-5-16)27(24(17)29)21-11-8-19(26)14-23(21)28/h2-14,28H,1H3/b17-12-. The maximum atomic E-state index is 13.3. The number of ether oxygens (including phenoxy) is 1. The fourth-order valence-electron chi connectivity index (χ4n) is 3.25. The smallest absolute Gasteiger partial charge is 0.263 e. The lowest BCUT2D eigenvalue weighted by molar-refractivity contribution is -0.113. The molecule has 0 aliphatic carbocycles. The minimum Gasteiger partial charge on any atom is -0.506 e. The third-order valence-electron chi connectivity index (χ3n) is 4.74. The number of phenolic OH excluding ortho intramolecular Hbond substituents is 1. The fraction of sp³-hybridized carbons (Fsp3) is 0.0417. The number of amides is 1. The number of methoxy groups -OCH3 is 1. The second-order valence-corrected chi connectivity index (χ2v) is 7.56. The van der Waals surface area contributed by atoms with Gasteiger partial charge in [0.25, 0.3) is 5.91 Å². The molecule has 0 bridgehead atoms. The van der Waals surface area contributed by atoms with Crippen LogP contribution in [0.25, 0.3) is 11.8 Å². The van der Waals surface area contributed by atoms with Crippen LogP contribution in [0, 0.1) is 0 Å². The second-order valence-electron chi connectivity index (χ2n) is 6.68. The van der Waals surface area contributed by atoms with E-state index in [1.165, 1.54) is 11.0 Å². The lowest BCUT2D eigenvalue weighted by Crippen LogP contribution is -2.25. The summed E-state index contributed by atoms with van der Waals surface area (Å²) in [7, 11) is 1.60. The summed E-state index contributed by atoms with van der Waals surface area (Å²) in [4.78, 5) is 14.8. The van der Waals surface area contributed by atoms with Crippen molar-refractivity contribution in [1.82, 2.24) is 0 Å². The molecule has 0 fully saturated rings. The van der Waals surface area contributed by atoms with Crippen molar-refractivity contribution >= 4 is 46.6 Å². The van der Waals surface area contributed by atoms with Crippen LogP contribution in [-0.2, 0) is 4.79 Å². The van der Waals surface area contributed by atoms with Gasteiger partial charge >= 0.3 is 0 Å². The zero-order valence-electron chi connectivity index (χ0n) is 16.0. The molecule has 1 aliphatic heterocycles. The van der Waals surface area contributed by atoms with E-state index in [0.717, 1.165) is 16.9 Å². The largest absolute Gasteiger partial charge is 0.506 e. The van der Waals surface area contributed by atoms with E-state index in [4.69, 9.17) is 27.9 Å². The topological polar surface area (TPSA) is 49.8 Å². The van der Waals surface area contributed by atoms with Gasteiger partial charge in [-0.3, -0.25) is 9.69 Å². The van der Waals surface area contributed by atoms with Crippen LogP contribution in [0.3, 0.4) is 0 Å². The molecule has 150 valence electrons. The highest BCUT2D eigenvalue weighted by Crippen LogP contribution is 2.40. The Morgan fingerprint density at radius 2 is 1.60 bits per heavy atom. The number of anilines is 1. The van der Waals surface area contributed by atoms with Crippen LogP contribution >= 0.6 is 23.2 Å². The molecule has 0 radical (unpaired) electrons. The molecule has 0 unspecified atom stereocenters. The molecule has 0 spiro atoms. The molecular formula is C24H17Cl2NO3. The van der Waals surface area contributed by atoms with E-state index in [1.54, 1.807) is 43.5 Å². The van der Waals surface area contributed by atoms with Crippen molar-refractivity contribution in [1.29, 1.82) is 0 Å². The Labute approximate surface area is 184 Å². The predicted octanol–water partition coefficient (Wildman–Crippen LogP) is 6.18. The molecule has 0 saturated carbocycles. The SMILES string of the molecule is COc1ccc(/C=C2/C=C(c3ccc(Cl)cc3)N(c3ccc(Cl)cc3O)C2=O)cc1. The lowest BCUT2D eigenvalue weighted by atomic mass is 10.1. The fourth-order valence-corrected chi connectivity index (χ4v) is 3.55. The summed E-state index contributed by atoms with van der Waals surface area (Å²) in [5.41, 5.74) is 3.12. The van der Waals surface area contributed by atoms with Gasteiger partial charge in [0.05, 0.1) is 18.5 Å². The third kappa shape index (κ3) is 3.92. The van der Waals surface area contributed by atoms with Crippen LogP contribution < -0.4 is 9.64 Å². The third-order valence-corrected chi connectivity index (χ3v) is 5.23. The van der Waals surface area contributed by atoms with Crippen LogP contribution in [0.2, 0.25) is 10.0 Å². The van der Waals surface area contributed by atoms with Crippen molar-refractivity contribution < 1.29 is 14.6 Å². The minimum atomic E-state index is -0.256. The van der Waals surface area contributed by atoms with Crippen molar-refractivity contribution in [3.05, 3.63) is 99.6 Å². The van der Waals surface area contributed by atoms with Gasteiger partial charge in [0.2, 0.25) is 0 Å². The Morgan fingerprint density at radius 3 is 2.23 bits per heavy atom. The number of nitrogens with zero attached hydrogens (tertiary/aromatic N) is 1. The van der Waals surface area contributed by atoms with E-state index in [9.17, 15) is 9.90 Å². The first-order valence-electron chi connectivity index (χ1n) is 9.12. The summed E-state index contributed by atoms with van der Waals surface area (Å²) in [5, 5.41) is 11.4. The number of carbonyl (C=O) groups excluding carboxylic acids is 1. The maximum Gasteiger partial charge on any atom is 0.263 e. The van der Waals surface area contributed by atoms with Crippen molar-refractivity contribution in [2.75, 3.05) is 12.0 Å². The molecule has 0 aromatic heterocycles. The number of halogens is 2. The average molecular weight is 438 g/mol. The van der Waals surface area contributed by atoms with Crippen LogP contribution in [-0.4, -0.2) is 18.1 Å². The van der Waals surface area contributed by atoms with Crippen molar-refractivity contribution in [2.24, 2.45) is 0 Å². The van der Waals surface area contributed by atoms with Gasteiger partial charge in [-0.15, -0.1) is 0 Å². The summed E-state index contributed by atoms with van der Waals surface area (Å²) in [6.45, 7) is 0. The zero-order chi connectivity index (χ0) is 21.3. The molecule has 1 heterocycles. The normalized spacial score (nSPS) is 14.9. The number of hydrogen-bond donors (Lipinski definition) is 1. The van der Waals surface area contributed by atoms with Gasteiger partial charge in [0.1, 0.15) is 11.5 Å². The predicted molar refractivity (Wildman–Crippen MR) is 121 cm³/mol. The highest BCUT2D eigenvalue weighted by atomic mass is 35.5. The van der Waals surface area contributed by atoms with Gasteiger partial charge < -0.3 is 9.84 Å². The molecule has 1 N–H and O–H groups in total. The first-order chi connectivity index (χ1) is 14.5. The molecule has 3 aromatic carbocycles. The van der Waals surface area contributed by atoms with Crippen LogP contribution in [0.1, 0.15) is 11.1 Å². The summed E-state index contributed by atoms with van der Waals surface area (Å²) in [6.07, 6.45) is 3.59. The molecule has 4 rings (SSSR count). The summed E-state index contributed by atoms with van der Waals surface area (Å²) in [5.74, 6) is 0.398. The van der Waals surface area contributed by atoms with Gasteiger partial charge in [-0.2, -0.15) is 0 Å². The maximum absolute atomic E-state index is 13.3. The van der Waals surface area contributed by atoms with Crippen molar-refractivity contribution in [3.8, 4) is 11.5 Å². The quantitative estimate of drug-likeness (QED) is 0.495. The molecule has 1 amide bonds. The number of carbonyl (C=O) groups is 1. The molecule has 4 nitrogen and oxygen atoms in total. The van der Waals surface area contributed by atoms with Gasteiger partial charge in [-0.1, -0.05) is 47.5 Å². The Kier molecular flexibility index (Phi) is 5.53. The van der Waals surface area contributed by atoms with Crippen molar-refractivity contribution in [3.63, 3.8) is 0 Å². The van der Waals surface area contributed by atoms with E-state index in [0.29, 0.717) is 27.0 Å². The van der Waals surface area contributed by atoms with E-state index >= 15 is 0 Å². The molecule has 1 aliphatic rings. The van der Waals surface area contributed by atoms with Crippen molar-refractivity contribution in [2.45, 2.75) is 0 Å². The Hall–Kier alpha value is -3.21. The summed E-state index contributed by atoms with van der Waals surface area (Å²) in [6, 6.07) is 19.3. The highest BCUT2D eigenvalue weighted by Gasteiger charge is 2.32. The average Bonchev–Trinajstić information content (AvgIpc) is 3.05. The number of rotatable bonds is 4. The Bertz CT molecular complexity index is 1170.